The van der Waals surface area contributed by atoms with Gasteiger partial charge in [0.15, 0.2) is 5.82 Å². The number of benzene rings is 2. The van der Waals surface area contributed by atoms with Gasteiger partial charge in [-0.05, 0) is 45.4 Å². The highest BCUT2D eigenvalue weighted by Gasteiger charge is 2.33. The number of nitrogen functional groups attached to an aromatic ring is 1. The molecule has 41 heavy (non-hydrogen) atoms. The van der Waals surface area contributed by atoms with E-state index < -0.39 is 19.8 Å². The summed E-state index contributed by atoms with van der Waals surface area (Å²) in [6.45, 7) is 8.36. The van der Waals surface area contributed by atoms with Crippen molar-refractivity contribution in [2.75, 3.05) is 25.6 Å². The molecule has 2 aromatic heterocycles. The van der Waals surface area contributed by atoms with Crippen molar-refractivity contribution in [2.24, 2.45) is 0 Å². The third-order valence-corrected chi connectivity index (χ3v) is 8.05. The van der Waals surface area contributed by atoms with E-state index in [2.05, 4.69) is 10.1 Å². The van der Waals surface area contributed by atoms with Crippen molar-refractivity contribution in [2.45, 2.75) is 59.2 Å². The maximum Gasteiger partial charge on any atom is 0.459 e. The standard InChI is InChI=1S/C29H38N5O6P/c1-5-7-17-38-29(35)21(4)33-41(36,40-22-13-9-8-10-14-22)39-18-20(3)34-25(19-37-6-2)32-26-27(34)23-15-11-12-16-24(23)31-28(26)30/h8-16,20-21H,5-7,17-19H2,1-4H3,(H2,30,31)(H,33,36)/t20-,21+,41+/m1/s1. The van der Waals surface area contributed by atoms with Crippen LogP contribution in [0.3, 0.4) is 0 Å². The highest BCUT2D eigenvalue weighted by Crippen LogP contribution is 2.46. The Balaban J connectivity index is 1.65. The Morgan fingerprint density at radius 3 is 2.54 bits per heavy atom. The molecule has 0 aliphatic rings. The molecule has 3 N–H and O–H groups in total. The Hall–Kier alpha value is -3.50. The molecule has 0 fully saturated rings. The van der Waals surface area contributed by atoms with Gasteiger partial charge in [-0.3, -0.25) is 9.32 Å². The number of rotatable bonds is 15. The molecule has 4 rings (SSSR count). The van der Waals surface area contributed by atoms with Gasteiger partial charge in [0.1, 0.15) is 29.7 Å². The monoisotopic (exact) mass is 583 g/mol. The number of pyridine rings is 1. The molecule has 0 unspecified atom stereocenters. The predicted octanol–water partition coefficient (Wildman–Crippen LogP) is 5.79. The zero-order chi connectivity index (χ0) is 29.4. The molecular formula is C29H38N5O6P. The number of hydrogen-bond acceptors (Lipinski definition) is 9. The molecule has 0 radical (unpaired) electrons. The van der Waals surface area contributed by atoms with Crippen LogP contribution in [0.15, 0.2) is 54.6 Å². The first-order valence-corrected chi connectivity index (χ1v) is 15.4. The van der Waals surface area contributed by atoms with Crippen LogP contribution in [-0.2, 0) is 30.0 Å². The maximum atomic E-state index is 14.0. The lowest BCUT2D eigenvalue weighted by atomic mass is 10.1. The van der Waals surface area contributed by atoms with Crippen molar-refractivity contribution in [3.8, 4) is 5.75 Å². The van der Waals surface area contributed by atoms with Gasteiger partial charge in [-0.15, -0.1) is 0 Å². The number of imidazole rings is 1. The van der Waals surface area contributed by atoms with Crippen molar-refractivity contribution >= 4 is 41.5 Å². The number of anilines is 1. The minimum Gasteiger partial charge on any atom is -0.465 e. The smallest absolute Gasteiger partial charge is 0.459 e. The average molecular weight is 584 g/mol. The number of carbonyl (C=O) groups is 1. The van der Waals surface area contributed by atoms with E-state index in [1.54, 1.807) is 31.2 Å². The lowest BCUT2D eigenvalue weighted by Crippen LogP contribution is -2.35. The van der Waals surface area contributed by atoms with Crippen LogP contribution in [0.25, 0.3) is 21.9 Å². The summed E-state index contributed by atoms with van der Waals surface area (Å²) in [7, 11) is -4.05. The predicted molar refractivity (Wildman–Crippen MR) is 159 cm³/mol. The van der Waals surface area contributed by atoms with Gasteiger partial charge in [-0.2, -0.15) is 5.09 Å². The summed E-state index contributed by atoms with van der Waals surface area (Å²) < 4.78 is 38.8. The summed E-state index contributed by atoms with van der Waals surface area (Å²) in [5, 5.41) is 3.62. The fourth-order valence-electron chi connectivity index (χ4n) is 4.36. The molecule has 0 saturated carbocycles. The number of ether oxygens (including phenoxy) is 2. The Morgan fingerprint density at radius 2 is 1.80 bits per heavy atom. The largest absolute Gasteiger partial charge is 0.465 e. The molecule has 0 bridgehead atoms. The van der Waals surface area contributed by atoms with Crippen LogP contribution in [0.5, 0.6) is 5.75 Å². The zero-order valence-corrected chi connectivity index (χ0v) is 24.8. The molecule has 3 atom stereocenters. The Morgan fingerprint density at radius 1 is 1.07 bits per heavy atom. The van der Waals surface area contributed by atoms with Crippen LogP contribution < -0.4 is 15.3 Å². The maximum absolute atomic E-state index is 14.0. The normalized spacial score (nSPS) is 14.5. The molecule has 11 nitrogen and oxygen atoms in total. The Bertz CT molecular complexity index is 1510. The van der Waals surface area contributed by atoms with E-state index in [1.165, 1.54) is 0 Å². The summed E-state index contributed by atoms with van der Waals surface area (Å²) in [6.07, 6.45) is 1.62. The van der Waals surface area contributed by atoms with E-state index in [4.69, 9.17) is 29.2 Å². The summed E-state index contributed by atoms with van der Waals surface area (Å²) in [4.78, 5) is 21.8. The van der Waals surface area contributed by atoms with Crippen LogP contribution in [0.2, 0.25) is 0 Å². The number of unbranched alkanes of at least 4 members (excludes halogenated alkanes) is 1. The van der Waals surface area contributed by atoms with Crippen LogP contribution in [-0.4, -0.2) is 46.4 Å². The molecule has 2 heterocycles. The molecular weight excluding hydrogens is 545 g/mol. The van der Waals surface area contributed by atoms with Gasteiger partial charge in [-0.25, -0.2) is 14.5 Å². The van der Waals surface area contributed by atoms with E-state index in [0.29, 0.717) is 29.5 Å². The Kier molecular flexibility index (Phi) is 10.3. The van der Waals surface area contributed by atoms with Gasteiger partial charge in [0, 0.05) is 12.0 Å². The van der Waals surface area contributed by atoms with E-state index >= 15 is 0 Å². The number of nitrogens with one attached hydrogen (secondary N) is 1. The third-order valence-electron chi connectivity index (χ3n) is 6.40. The number of aromatic nitrogens is 3. The summed E-state index contributed by atoms with van der Waals surface area (Å²) in [5.41, 5.74) is 8.37. The van der Waals surface area contributed by atoms with Gasteiger partial charge >= 0.3 is 13.7 Å². The van der Waals surface area contributed by atoms with Crippen LogP contribution in [0, 0.1) is 0 Å². The van der Waals surface area contributed by atoms with E-state index in [9.17, 15) is 9.36 Å². The highest BCUT2D eigenvalue weighted by atomic mass is 31.2. The molecule has 2 aromatic carbocycles. The van der Waals surface area contributed by atoms with E-state index in [0.717, 1.165) is 29.3 Å². The van der Waals surface area contributed by atoms with Gasteiger partial charge in [0.2, 0.25) is 0 Å². The molecule has 220 valence electrons. The van der Waals surface area contributed by atoms with Gasteiger partial charge in [0.05, 0.1) is 30.3 Å². The first-order chi connectivity index (χ1) is 19.8. The van der Waals surface area contributed by atoms with Crippen molar-refractivity contribution in [1.82, 2.24) is 19.6 Å². The SMILES string of the molecule is CCCCOC(=O)[C@H](C)N[P@](=O)(OC[C@@H](C)n1c(COCC)nc2c(N)nc3ccccc3c21)Oc1ccccc1. The number of nitrogens with two attached hydrogens (primary N) is 1. The summed E-state index contributed by atoms with van der Waals surface area (Å²) in [5.74, 6) is 0.722. The molecule has 0 amide bonds. The number of nitrogens with zero attached hydrogens (tertiary/aromatic N) is 3. The van der Waals surface area contributed by atoms with E-state index in [1.807, 2.05) is 55.7 Å². The number of para-hydroxylation sites is 2. The molecule has 0 aliphatic heterocycles. The number of carbonyl (C=O) groups excluding carboxylic acids is 1. The first kappa shape index (κ1) is 30.5. The van der Waals surface area contributed by atoms with Crippen LogP contribution in [0.1, 0.15) is 52.4 Å². The third kappa shape index (κ3) is 7.42. The Labute approximate surface area is 239 Å². The van der Waals surface area contributed by atoms with Crippen LogP contribution >= 0.6 is 7.75 Å². The highest BCUT2D eigenvalue weighted by molar-refractivity contribution is 7.52. The molecule has 0 spiro atoms. The zero-order valence-electron chi connectivity index (χ0n) is 23.9. The second-order valence-corrected chi connectivity index (χ2v) is 11.4. The van der Waals surface area contributed by atoms with Crippen molar-refractivity contribution in [1.29, 1.82) is 0 Å². The lowest BCUT2D eigenvalue weighted by Gasteiger charge is -2.25. The van der Waals surface area contributed by atoms with Gasteiger partial charge < -0.3 is 24.3 Å². The average Bonchev–Trinajstić information content (AvgIpc) is 3.36. The quantitative estimate of drug-likeness (QED) is 0.100. The number of esters is 1. The van der Waals surface area contributed by atoms with Crippen LogP contribution in [0.4, 0.5) is 5.82 Å². The second-order valence-electron chi connectivity index (χ2n) is 9.67. The first-order valence-electron chi connectivity index (χ1n) is 13.8. The summed E-state index contributed by atoms with van der Waals surface area (Å²) in [6, 6.07) is 15.0. The topological polar surface area (TPSA) is 140 Å². The summed E-state index contributed by atoms with van der Waals surface area (Å²) >= 11 is 0. The number of hydrogen-bond donors (Lipinski definition) is 2. The van der Waals surface area contributed by atoms with Crippen molar-refractivity contribution in [3.63, 3.8) is 0 Å². The van der Waals surface area contributed by atoms with Gasteiger partial charge in [-0.1, -0.05) is 49.7 Å². The molecule has 0 saturated heterocycles. The number of fused-ring (bicyclic) bond motifs is 3. The van der Waals surface area contributed by atoms with Crippen molar-refractivity contribution < 1.29 is 27.9 Å². The van der Waals surface area contributed by atoms with E-state index in [-0.39, 0.29) is 25.9 Å². The molecule has 0 aliphatic carbocycles. The molecule has 4 aromatic rings. The fraction of sp³-hybridized carbons (Fsp3) is 0.414. The lowest BCUT2D eigenvalue weighted by molar-refractivity contribution is -0.145. The molecule has 12 heteroatoms. The fourth-order valence-corrected chi connectivity index (χ4v) is 5.93. The van der Waals surface area contributed by atoms with Crippen molar-refractivity contribution in [3.05, 3.63) is 60.4 Å². The van der Waals surface area contributed by atoms with Gasteiger partial charge in [0.25, 0.3) is 0 Å². The second kappa shape index (κ2) is 13.9. The minimum absolute atomic E-state index is 0.0458. The minimum atomic E-state index is -4.05.